The van der Waals surface area contributed by atoms with Crippen LogP contribution in [0.25, 0.3) is 21.8 Å². The molecule has 71 heavy (non-hydrogen) atoms. The molecule has 1 aliphatic carbocycles. The molecule has 4 heterocycles. The van der Waals surface area contributed by atoms with Gasteiger partial charge in [0, 0.05) is 72.6 Å². The van der Waals surface area contributed by atoms with Gasteiger partial charge in [-0.1, -0.05) is 49.8 Å². The van der Waals surface area contributed by atoms with Crippen molar-refractivity contribution in [1.82, 2.24) is 34.8 Å². The first kappa shape index (κ1) is 50.5. The van der Waals surface area contributed by atoms with Crippen molar-refractivity contribution in [3.63, 3.8) is 0 Å². The molecule has 0 radical (unpaired) electrons. The number of nitrogens with zero attached hydrogens (tertiary/aromatic N) is 8. The molecule has 0 bridgehead atoms. The number of aromatic nitrogens is 6. The van der Waals surface area contributed by atoms with E-state index in [4.69, 9.17) is 28.7 Å². The number of anilines is 2. The first-order valence-corrected chi connectivity index (χ1v) is 24.5. The van der Waals surface area contributed by atoms with Crippen LogP contribution in [0.15, 0.2) is 85.7 Å². The zero-order valence-electron chi connectivity index (χ0n) is 40.8. The Kier molecular flexibility index (Phi) is 17.3. The van der Waals surface area contributed by atoms with Crippen molar-refractivity contribution in [2.24, 2.45) is 0 Å². The third-order valence-corrected chi connectivity index (χ3v) is 13.0. The van der Waals surface area contributed by atoms with E-state index in [0.717, 1.165) is 58.9 Å². The number of benzene rings is 3. The molecule has 374 valence electrons. The third kappa shape index (κ3) is 12.0. The van der Waals surface area contributed by atoms with E-state index in [1.807, 2.05) is 55.6 Å². The largest absolute Gasteiger partial charge is 0.496 e. The lowest BCUT2D eigenvalue weighted by Crippen LogP contribution is -2.55. The highest BCUT2D eigenvalue weighted by Crippen LogP contribution is 2.40. The fourth-order valence-corrected chi connectivity index (χ4v) is 9.41. The summed E-state index contributed by atoms with van der Waals surface area (Å²) in [5.41, 5.74) is 4.79. The number of hydrogen-bond donors (Lipinski definition) is 1. The van der Waals surface area contributed by atoms with Crippen LogP contribution in [0.4, 0.5) is 11.5 Å². The maximum atomic E-state index is 13.3. The summed E-state index contributed by atoms with van der Waals surface area (Å²) in [4.78, 5) is 65.9. The third-order valence-electron chi connectivity index (χ3n) is 13.0. The average Bonchev–Trinajstić information content (AvgIpc) is 4.17. The monoisotopic (exact) mass is 969 g/mol. The minimum atomic E-state index is -0.258. The number of para-hydroxylation sites is 1. The Morgan fingerprint density at radius 2 is 1.56 bits per heavy atom. The Labute approximate surface area is 413 Å². The molecule has 1 aliphatic heterocycles. The Bertz CT molecular complexity index is 2840. The van der Waals surface area contributed by atoms with E-state index in [1.54, 1.807) is 52.7 Å². The highest BCUT2D eigenvalue weighted by atomic mass is 16.6. The molecule has 18 nitrogen and oxygen atoms in total. The van der Waals surface area contributed by atoms with Gasteiger partial charge in [0.15, 0.2) is 11.6 Å². The molecule has 6 aromatic rings. The highest BCUT2D eigenvalue weighted by molar-refractivity contribution is 6.16. The number of carbonyl (C=O) groups is 4. The summed E-state index contributed by atoms with van der Waals surface area (Å²) < 4.78 is 31.6. The number of ether oxygens (including phenoxy) is 5. The van der Waals surface area contributed by atoms with E-state index < -0.39 is 0 Å². The fraction of sp³-hybridized carbons (Fsp3) is 0.434. The molecule has 2 amide bonds. The van der Waals surface area contributed by atoms with E-state index >= 15 is 0 Å². The lowest BCUT2D eigenvalue weighted by molar-refractivity contribution is -0.120. The summed E-state index contributed by atoms with van der Waals surface area (Å²) in [5, 5.41) is 13.1. The van der Waals surface area contributed by atoms with Gasteiger partial charge < -0.3 is 38.8 Å². The van der Waals surface area contributed by atoms with Gasteiger partial charge in [-0.15, -0.1) is 5.10 Å². The van der Waals surface area contributed by atoms with Crippen LogP contribution in [0, 0.1) is 0 Å². The normalized spacial score (nSPS) is 14.9. The lowest BCUT2D eigenvalue weighted by atomic mass is 10.0. The molecule has 8 rings (SSSR count). The van der Waals surface area contributed by atoms with Crippen LogP contribution in [0.3, 0.4) is 0 Å². The number of nitrogens with one attached hydrogen (secondary N) is 1. The second-order valence-electron chi connectivity index (χ2n) is 17.6. The maximum Gasteiger partial charge on any atom is 0.254 e. The molecule has 1 N–H and O–H groups in total. The summed E-state index contributed by atoms with van der Waals surface area (Å²) in [6.45, 7) is 9.68. The Morgan fingerprint density at radius 1 is 0.859 bits per heavy atom. The molecule has 0 unspecified atom stereocenters. The quantitative estimate of drug-likeness (QED) is 0.0356. The van der Waals surface area contributed by atoms with Gasteiger partial charge in [-0.2, -0.15) is 0 Å². The van der Waals surface area contributed by atoms with Crippen molar-refractivity contribution in [3.05, 3.63) is 114 Å². The molecule has 18 heteroatoms. The van der Waals surface area contributed by atoms with Crippen molar-refractivity contribution >= 4 is 56.8 Å². The number of rotatable bonds is 26. The SMILES string of the molecule is C=CC(=O)n1c2ccccc2c2cc(C(=O)CCc3cn(CCOCCOCCOCCOCCNC(=O)c4ccc(OC)c(Cc5ncc6c(n5)N(C5CCCC5)[C@H](CC)C(=O)N6C)c4)nn3)ccc21. The number of ketones is 1. The number of likely N-dealkylation sites (N-methyl/N-ethyl adjacent to an activating group) is 1. The predicted molar refractivity (Wildman–Crippen MR) is 269 cm³/mol. The standard InChI is InChI=1S/C53H63N9O9/c1-5-43-53(66)59(3)46-34-55-49(56-51(46)61(43)40-11-7-8-12-40)33-38-31-37(16-20-48(38)67-4)52(65)54-21-23-68-25-27-70-29-30-71-28-26-69-24-22-60-35-39(57-58-60)17-19-47(63)36-15-18-45-42(32-36)41-13-9-10-14-44(41)62(45)50(64)6-2/h6,9-10,13-16,18,20,31-32,34-35,40,43H,2,5,7-8,11-12,17,19,21-30,33H2,1,3-4H3,(H,54,65)/t43-/m1/s1. The van der Waals surface area contributed by atoms with Crippen molar-refractivity contribution in [1.29, 1.82) is 0 Å². The molecule has 3 aromatic carbocycles. The van der Waals surface area contributed by atoms with E-state index in [-0.39, 0.29) is 42.0 Å². The summed E-state index contributed by atoms with van der Waals surface area (Å²) in [5.74, 6) is 1.62. The minimum Gasteiger partial charge on any atom is -0.496 e. The van der Waals surface area contributed by atoms with E-state index in [9.17, 15) is 19.2 Å². The molecular formula is C53H63N9O9. The van der Waals surface area contributed by atoms with Crippen LogP contribution in [0.2, 0.25) is 0 Å². The van der Waals surface area contributed by atoms with Crippen LogP contribution < -0.4 is 19.9 Å². The van der Waals surface area contributed by atoms with Gasteiger partial charge in [0.1, 0.15) is 23.3 Å². The van der Waals surface area contributed by atoms with E-state index in [0.29, 0.717) is 119 Å². The van der Waals surface area contributed by atoms with Gasteiger partial charge in [0.25, 0.3) is 11.8 Å². The molecule has 1 atom stereocenters. The Morgan fingerprint density at radius 3 is 2.30 bits per heavy atom. The van der Waals surface area contributed by atoms with Gasteiger partial charge in [-0.05, 0) is 67.8 Å². The van der Waals surface area contributed by atoms with Crippen LogP contribution in [0.1, 0.15) is 88.0 Å². The lowest BCUT2D eigenvalue weighted by Gasteiger charge is -2.43. The zero-order chi connectivity index (χ0) is 49.7. The van der Waals surface area contributed by atoms with Crippen molar-refractivity contribution in [2.45, 2.75) is 76.9 Å². The summed E-state index contributed by atoms with van der Waals surface area (Å²) >= 11 is 0. The van der Waals surface area contributed by atoms with Gasteiger partial charge in [0.2, 0.25) is 5.91 Å². The maximum absolute atomic E-state index is 13.3. The second-order valence-corrected chi connectivity index (χ2v) is 17.6. The number of carbonyl (C=O) groups excluding carboxylic acids is 4. The number of hydrogen-bond acceptors (Lipinski definition) is 14. The topological polar surface area (TPSA) is 194 Å². The van der Waals surface area contributed by atoms with Gasteiger partial charge in [-0.3, -0.25) is 23.7 Å². The number of methoxy groups -OCH3 is 1. The summed E-state index contributed by atoms with van der Waals surface area (Å²) in [7, 11) is 3.39. The number of amides is 2. The van der Waals surface area contributed by atoms with Crippen LogP contribution >= 0.6 is 0 Å². The van der Waals surface area contributed by atoms with Crippen molar-refractivity contribution in [2.75, 3.05) is 83.4 Å². The number of allylic oxidation sites excluding steroid dienone is 1. The molecule has 1 fully saturated rings. The molecule has 0 spiro atoms. The smallest absolute Gasteiger partial charge is 0.254 e. The van der Waals surface area contributed by atoms with Crippen LogP contribution in [-0.4, -0.2) is 139 Å². The number of fused-ring (bicyclic) bond motifs is 4. The minimum absolute atomic E-state index is 0.0178. The zero-order valence-corrected chi connectivity index (χ0v) is 40.8. The molecule has 1 saturated carbocycles. The van der Waals surface area contributed by atoms with Crippen LogP contribution in [0.5, 0.6) is 5.75 Å². The predicted octanol–water partition coefficient (Wildman–Crippen LogP) is 6.42. The molecule has 0 saturated heterocycles. The van der Waals surface area contributed by atoms with E-state index in [1.165, 1.54) is 6.08 Å². The molecule has 2 aliphatic rings. The second kappa shape index (κ2) is 24.3. The first-order valence-electron chi connectivity index (χ1n) is 24.5. The highest BCUT2D eigenvalue weighted by Gasteiger charge is 2.41. The molecule has 3 aromatic heterocycles. The Hall–Kier alpha value is -6.86. The van der Waals surface area contributed by atoms with Crippen LogP contribution in [-0.2, 0) is 43.1 Å². The van der Waals surface area contributed by atoms with Crippen molar-refractivity contribution in [3.8, 4) is 5.75 Å². The fourth-order valence-electron chi connectivity index (χ4n) is 9.41. The first-order chi connectivity index (χ1) is 34.7. The average molecular weight is 970 g/mol. The van der Waals surface area contributed by atoms with Crippen molar-refractivity contribution < 1.29 is 42.9 Å². The van der Waals surface area contributed by atoms with E-state index in [2.05, 4.69) is 32.1 Å². The number of Topliss-reactive ketones (excluding diaryl/α,β-unsaturated/α-hetero) is 1. The summed E-state index contributed by atoms with van der Waals surface area (Å²) in [6, 6.07) is 18.4. The van der Waals surface area contributed by atoms with Gasteiger partial charge in [-0.25, -0.2) is 14.6 Å². The number of aryl methyl sites for hydroxylation is 1. The Balaban J connectivity index is 0.667. The molecular weight excluding hydrogens is 907 g/mol. The van der Waals surface area contributed by atoms with Gasteiger partial charge >= 0.3 is 0 Å². The van der Waals surface area contributed by atoms with Gasteiger partial charge in [0.05, 0.1) is 89.4 Å². The summed E-state index contributed by atoms with van der Waals surface area (Å²) in [6.07, 6.45) is 11.0.